The van der Waals surface area contributed by atoms with E-state index >= 15 is 0 Å². The number of aromatic hydroxyl groups is 1. The van der Waals surface area contributed by atoms with Gasteiger partial charge in [-0.1, -0.05) is 12.1 Å². The largest absolute Gasteiger partial charge is 0.506 e. The quantitative estimate of drug-likeness (QED) is 0.712. The molecule has 3 rings (SSSR count). The molecule has 3 aromatic rings. The number of fused-ring (bicyclic) bond motifs is 1. The lowest BCUT2D eigenvalue weighted by molar-refractivity contribution is -0.142. The predicted octanol–water partition coefficient (Wildman–Crippen LogP) is 2.40. The molecule has 0 radical (unpaired) electrons. The number of nitrogens with zero attached hydrogens (tertiary/aromatic N) is 3. The van der Waals surface area contributed by atoms with E-state index in [-0.39, 0.29) is 22.4 Å². The number of anilines is 1. The molecule has 0 aliphatic heterocycles. The van der Waals surface area contributed by atoms with Crippen LogP contribution in [0.3, 0.4) is 0 Å². The Labute approximate surface area is 133 Å². The Morgan fingerprint density at radius 2 is 1.96 bits per heavy atom. The molecular weight excluding hydrogens is 325 g/mol. The average Bonchev–Trinajstić information content (AvgIpc) is 2.48. The van der Waals surface area contributed by atoms with Crippen LogP contribution >= 0.6 is 0 Å². The number of phenolic OH excluding ortho intramolecular Hbond substituents is 1. The van der Waals surface area contributed by atoms with Crippen LogP contribution in [0.4, 0.5) is 19.0 Å². The molecule has 9 heteroatoms. The standard InChI is InChI=1S/C15H11F3N4O2/c1-7-3-2-4-9(23)12(7)22-10(15(16,17)18)5-8-11(14(22)24)20-6-21-13(8)19/h2-6,23H,1H3,(H2,19,20,21). The third kappa shape index (κ3) is 2.34. The Morgan fingerprint density at radius 1 is 1.25 bits per heavy atom. The molecule has 0 amide bonds. The summed E-state index contributed by atoms with van der Waals surface area (Å²) in [6.45, 7) is 1.49. The predicted molar refractivity (Wildman–Crippen MR) is 81.0 cm³/mol. The van der Waals surface area contributed by atoms with Crippen LogP contribution in [0, 0.1) is 6.92 Å². The van der Waals surface area contributed by atoms with Crippen molar-refractivity contribution in [1.29, 1.82) is 0 Å². The van der Waals surface area contributed by atoms with Crippen LogP contribution in [0.5, 0.6) is 5.75 Å². The summed E-state index contributed by atoms with van der Waals surface area (Å²) < 4.78 is 40.9. The summed E-state index contributed by atoms with van der Waals surface area (Å²) in [6.07, 6.45) is -3.86. The van der Waals surface area contributed by atoms with E-state index in [9.17, 15) is 23.1 Å². The first-order valence-electron chi connectivity index (χ1n) is 6.74. The lowest BCUT2D eigenvalue weighted by Crippen LogP contribution is -2.28. The van der Waals surface area contributed by atoms with E-state index < -0.39 is 23.2 Å². The molecule has 3 N–H and O–H groups in total. The van der Waals surface area contributed by atoms with E-state index in [1.807, 2.05) is 0 Å². The fourth-order valence-corrected chi connectivity index (χ4v) is 2.50. The van der Waals surface area contributed by atoms with E-state index in [0.29, 0.717) is 16.2 Å². The third-order valence-electron chi connectivity index (χ3n) is 3.57. The van der Waals surface area contributed by atoms with Gasteiger partial charge in [-0.2, -0.15) is 13.2 Å². The van der Waals surface area contributed by atoms with Gasteiger partial charge in [-0.15, -0.1) is 0 Å². The topological polar surface area (TPSA) is 94.0 Å². The van der Waals surface area contributed by atoms with Gasteiger partial charge >= 0.3 is 6.18 Å². The first kappa shape index (κ1) is 15.8. The normalized spacial score (nSPS) is 11.8. The van der Waals surface area contributed by atoms with E-state index in [1.54, 1.807) is 0 Å². The molecular formula is C15H11F3N4O2. The molecule has 1 aromatic carbocycles. The maximum Gasteiger partial charge on any atom is 0.431 e. The maximum absolute atomic E-state index is 13.5. The lowest BCUT2D eigenvalue weighted by atomic mass is 10.1. The smallest absolute Gasteiger partial charge is 0.431 e. The molecule has 0 saturated carbocycles. The summed E-state index contributed by atoms with van der Waals surface area (Å²) in [4.78, 5) is 20.0. The van der Waals surface area contributed by atoms with Gasteiger partial charge < -0.3 is 10.8 Å². The second-order valence-corrected chi connectivity index (χ2v) is 5.13. The molecule has 24 heavy (non-hydrogen) atoms. The van der Waals surface area contributed by atoms with Gasteiger partial charge in [0.1, 0.15) is 29.1 Å². The van der Waals surface area contributed by atoms with Crippen LogP contribution in [0.1, 0.15) is 11.3 Å². The highest BCUT2D eigenvalue weighted by Gasteiger charge is 2.37. The van der Waals surface area contributed by atoms with Gasteiger partial charge in [-0.05, 0) is 24.6 Å². The molecule has 0 spiro atoms. The lowest BCUT2D eigenvalue weighted by Gasteiger charge is -2.19. The van der Waals surface area contributed by atoms with Crippen molar-refractivity contribution in [3.8, 4) is 11.4 Å². The number of nitrogens with two attached hydrogens (primary N) is 1. The molecule has 0 aliphatic carbocycles. The zero-order chi connectivity index (χ0) is 17.6. The van der Waals surface area contributed by atoms with Crippen LogP contribution in [-0.4, -0.2) is 19.6 Å². The zero-order valence-corrected chi connectivity index (χ0v) is 12.3. The summed E-state index contributed by atoms with van der Waals surface area (Å²) in [5, 5.41) is 9.81. The average molecular weight is 336 g/mol. The number of phenols is 1. The van der Waals surface area contributed by atoms with Crippen molar-refractivity contribution in [2.24, 2.45) is 0 Å². The number of halogens is 3. The molecule has 0 atom stereocenters. The first-order valence-corrected chi connectivity index (χ1v) is 6.74. The number of nitrogen functional groups attached to an aromatic ring is 1. The van der Waals surface area contributed by atoms with Crippen molar-refractivity contribution in [3.05, 3.63) is 52.2 Å². The highest BCUT2D eigenvalue weighted by Crippen LogP contribution is 2.35. The highest BCUT2D eigenvalue weighted by atomic mass is 19.4. The molecule has 0 aliphatic rings. The molecule has 124 valence electrons. The van der Waals surface area contributed by atoms with Crippen molar-refractivity contribution in [2.75, 3.05) is 5.73 Å². The van der Waals surface area contributed by atoms with Crippen LogP contribution < -0.4 is 11.3 Å². The summed E-state index contributed by atoms with van der Waals surface area (Å²) in [5.41, 5.74) is 3.03. The Balaban J connectivity index is 2.56. The molecule has 2 heterocycles. The minimum absolute atomic E-state index is 0.195. The van der Waals surface area contributed by atoms with Crippen molar-refractivity contribution in [1.82, 2.24) is 14.5 Å². The van der Waals surface area contributed by atoms with Gasteiger partial charge in [0.2, 0.25) is 0 Å². The summed E-state index contributed by atoms with van der Waals surface area (Å²) in [7, 11) is 0. The van der Waals surface area contributed by atoms with Gasteiger partial charge in [0, 0.05) is 0 Å². The number of rotatable bonds is 1. The minimum Gasteiger partial charge on any atom is -0.506 e. The van der Waals surface area contributed by atoms with Gasteiger partial charge in [0.05, 0.1) is 11.1 Å². The second-order valence-electron chi connectivity index (χ2n) is 5.13. The Bertz CT molecular complexity index is 992. The van der Waals surface area contributed by atoms with Crippen molar-refractivity contribution >= 4 is 16.7 Å². The second kappa shape index (κ2) is 5.22. The van der Waals surface area contributed by atoms with Crippen LogP contribution in [-0.2, 0) is 6.18 Å². The van der Waals surface area contributed by atoms with Gasteiger partial charge in [0.25, 0.3) is 5.56 Å². The van der Waals surface area contributed by atoms with Crippen molar-refractivity contribution in [3.63, 3.8) is 0 Å². The Kier molecular flexibility index (Phi) is 3.43. The van der Waals surface area contributed by atoms with Crippen molar-refractivity contribution in [2.45, 2.75) is 13.1 Å². The maximum atomic E-state index is 13.5. The molecule has 0 bridgehead atoms. The van der Waals surface area contributed by atoms with E-state index in [1.165, 1.54) is 25.1 Å². The SMILES string of the molecule is Cc1cccc(O)c1-n1c(C(F)(F)F)cc2c(N)ncnc2c1=O. The number of hydrogen-bond donors (Lipinski definition) is 2. The molecule has 0 saturated heterocycles. The first-order chi connectivity index (χ1) is 11.2. The van der Waals surface area contributed by atoms with Gasteiger partial charge in [-0.3, -0.25) is 9.36 Å². The van der Waals surface area contributed by atoms with Crippen LogP contribution in [0.15, 0.2) is 35.4 Å². The zero-order valence-electron chi connectivity index (χ0n) is 12.3. The number of pyridine rings is 1. The van der Waals surface area contributed by atoms with E-state index in [4.69, 9.17) is 5.73 Å². The number of hydrogen-bond acceptors (Lipinski definition) is 5. The monoisotopic (exact) mass is 336 g/mol. The molecule has 0 fully saturated rings. The number of aromatic nitrogens is 3. The molecule has 2 aromatic heterocycles. The van der Waals surface area contributed by atoms with Crippen molar-refractivity contribution < 1.29 is 18.3 Å². The Hall–Kier alpha value is -3.10. The minimum atomic E-state index is -4.86. The fourth-order valence-electron chi connectivity index (χ4n) is 2.50. The highest BCUT2D eigenvalue weighted by molar-refractivity contribution is 5.87. The number of para-hydroxylation sites is 1. The summed E-state index contributed by atoms with van der Waals surface area (Å²) >= 11 is 0. The fraction of sp³-hybridized carbons (Fsp3) is 0.133. The number of alkyl halides is 3. The number of benzene rings is 1. The molecule has 6 nitrogen and oxygen atoms in total. The Morgan fingerprint density at radius 3 is 2.58 bits per heavy atom. The number of aryl methyl sites for hydroxylation is 1. The van der Waals surface area contributed by atoms with E-state index in [0.717, 1.165) is 6.33 Å². The van der Waals surface area contributed by atoms with Crippen LogP contribution in [0.2, 0.25) is 0 Å². The van der Waals surface area contributed by atoms with Gasteiger partial charge in [0.15, 0.2) is 0 Å². The van der Waals surface area contributed by atoms with E-state index in [2.05, 4.69) is 9.97 Å². The molecule has 0 unspecified atom stereocenters. The van der Waals surface area contributed by atoms with Gasteiger partial charge in [-0.25, -0.2) is 9.97 Å². The van der Waals surface area contributed by atoms with Crippen LogP contribution in [0.25, 0.3) is 16.6 Å². The summed E-state index contributed by atoms with van der Waals surface area (Å²) in [5.74, 6) is -0.687. The third-order valence-corrected chi connectivity index (χ3v) is 3.57. The summed E-state index contributed by atoms with van der Waals surface area (Å²) in [6, 6.07) is 4.86.